The lowest BCUT2D eigenvalue weighted by atomic mass is 9.76. The van der Waals surface area contributed by atoms with Crippen molar-refractivity contribution in [3.05, 3.63) is 76.9 Å². The highest BCUT2D eigenvalue weighted by Crippen LogP contribution is 2.50. The highest BCUT2D eigenvalue weighted by molar-refractivity contribution is 5.65. The van der Waals surface area contributed by atoms with Crippen molar-refractivity contribution < 1.29 is 0 Å². The summed E-state index contributed by atoms with van der Waals surface area (Å²) in [6.45, 7) is 4.44. The summed E-state index contributed by atoms with van der Waals surface area (Å²) in [6, 6.07) is 15.9. The minimum absolute atomic E-state index is 0.416. The summed E-state index contributed by atoms with van der Waals surface area (Å²) in [4.78, 5) is 0. The third-order valence-corrected chi connectivity index (χ3v) is 5.23. The number of aryl methyl sites for hydroxylation is 1. The number of fused-ring (bicyclic) bond motifs is 3. The molecule has 1 heteroatoms. The molecule has 21 heavy (non-hydrogen) atoms. The molecule has 1 N–H and O–H groups in total. The Morgan fingerprint density at radius 1 is 1.00 bits per heavy atom. The Kier molecular flexibility index (Phi) is 2.88. The Bertz CT molecular complexity index is 699. The van der Waals surface area contributed by atoms with Crippen molar-refractivity contribution in [1.29, 1.82) is 0 Å². The van der Waals surface area contributed by atoms with Gasteiger partial charge in [-0.25, -0.2) is 0 Å². The molecule has 3 unspecified atom stereocenters. The lowest BCUT2D eigenvalue weighted by Gasteiger charge is -2.38. The fourth-order valence-corrected chi connectivity index (χ4v) is 3.91. The summed E-state index contributed by atoms with van der Waals surface area (Å²) in [6.07, 6.45) is 5.94. The molecular weight excluding hydrogens is 254 g/mol. The van der Waals surface area contributed by atoms with Crippen molar-refractivity contribution in [2.24, 2.45) is 5.92 Å². The van der Waals surface area contributed by atoms with Crippen LogP contribution in [0.5, 0.6) is 0 Å². The molecule has 2 aliphatic rings. The molecule has 0 amide bonds. The smallest absolute Gasteiger partial charge is 0.0554 e. The van der Waals surface area contributed by atoms with E-state index in [1.165, 1.54) is 34.4 Å². The molecule has 0 radical (unpaired) electrons. The van der Waals surface area contributed by atoms with Crippen molar-refractivity contribution >= 4 is 5.69 Å². The maximum atomic E-state index is 3.85. The molecule has 0 bridgehead atoms. The monoisotopic (exact) mass is 275 g/mol. The maximum absolute atomic E-state index is 3.85. The molecule has 1 aliphatic heterocycles. The van der Waals surface area contributed by atoms with Crippen LogP contribution in [0.1, 0.15) is 40.6 Å². The largest absolute Gasteiger partial charge is 0.377 e. The molecule has 2 aromatic carbocycles. The SMILES string of the molecule is Cc1ccc2c(c1C)NC(c1ccccc1)C1CC=CC21. The number of nitrogens with one attached hydrogen (secondary N) is 1. The number of benzene rings is 2. The van der Waals surface area contributed by atoms with Gasteiger partial charge in [0.05, 0.1) is 6.04 Å². The first-order chi connectivity index (χ1) is 10.3. The van der Waals surface area contributed by atoms with Crippen LogP contribution in [0, 0.1) is 19.8 Å². The molecule has 0 fully saturated rings. The predicted octanol–water partition coefficient (Wildman–Crippen LogP) is 5.13. The van der Waals surface area contributed by atoms with Gasteiger partial charge in [-0.3, -0.25) is 0 Å². The van der Waals surface area contributed by atoms with E-state index in [4.69, 9.17) is 0 Å². The first kappa shape index (κ1) is 12.7. The molecule has 0 aromatic heterocycles. The number of allylic oxidation sites excluding steroid dienone is 2. The quantitative estimate of drug-likeness (QED) is 0.711. The van der Waals surface area contributed by atoms with E-state index >= 15 is 0 Å². The Balaban J connectivity index is 1.85. The van der Waals surface area contributed by atoms with Crippen LogP contribution >= 0.6 is 0 Å². The van der Waals surface area contributed by atoms with E-state index in [9.17, 15) is 0 Å². The third kappa shape index (κ3) is 1.91. The second kappa shape index (κ2) is 4.77. The number of hydrogen-bond acceptors (Lipinski definition) is 1. The van der Waals surface area contributed by atoms with Gasteiger partial charge in [-0.1, -0.05) is 54.6 Å². The summed E-state index contributed by atoms with van der Waals surface area (Å²) in [7, 11) is 0. The maximum Gasteiger partial charge on any atom is 0.0554 e. The predicted molar refractivity (Wildman–Crippen MR) is 88.7 cm³/mol. The topological polar surface area (TPSA) is 12.0 Å². The van der Waals surface area contributed by atoms with Gasteiger partial charge in [0.15, 0.2) is 0 Å². The fourth-order valence-electron chi connectivity index (χ4n) is 3.91. The van der Waals surface area contributed by atoms with E-state index in [2.05, 4.69) is 73.8 Å². The van der Waals surface area contributed by atoms with Crippen LogP contribution < -0.4 is 5.32 Å². The van der Waals surface area contributed by atoms with Crippen LogP contribution in [-0.4, -0.2) is 0 Å². The van der Waals surface area contributed by atoms with Gasteiger partial charge < -0.3 is 5.32 Å². The van der Waals surface area contributed by atoms with Crippen molar-refractivity contribution in [1.82, 2.24) is 0 Å². The van der Waals surface area contributed by atoms with E-state index in [1.807, 2.05) is 0 Å². The van der Waals surface area contributed by atoms with Crippen molar-refractivity contribution in [2.45, 2.75) is 32.2 Å². The summed E-state index contributed by atoms with van der Waals surface area (Å²) < 4.78 is 0. The molecule has 1 nitrogen and oxygen atoms in total. The Hall–Kier alpha value is -2.02. The molecule has 3 atom stereocenters. The van der Waals surface area contributed by atoms with Crippen LogP contribution in [0.4, 0.5) is 5.69 Å². The van der Waals surface area contributed by atoms with E-state index in [0.29, 0.717) is 17.9 Å². The number of anilines is 1. The highest BCUT2D eigenvalue weighted by atomic mass is 15.0. The van der Waals surface area contributed by atoms with Gasteiger partial charge in [0, 0.05) is 11.6 Å². The molecule has 1 heterocycles. The summed E-state index contributed by atoms with van der Waals surface area (Å²) in [5, 5.41) is 3.85. The summed E-state index contributed by atoms with van der Waals surface area (Å²) >= 11 is 0. The molecule has 1 aliphatic carbocycles. The molecule has 106 valence electrons. The second-order valence-corrected chi connectivity index (χ2v) is 6.36. The number of hydrogen-bond donors (Lipinski definition) is 1. The Labute approximate surface area is 126 Å². The third-order valence-electron chi connectivity index (χ3n) is 5.23. The first-order valence-corrected chi connectivity index (χ1v) is 7.84. The molecule has 0 saturated carbocycles. The number of rotatable bonds is 1. The highest BCUT2D eigenvalue weighted by Gasteiger charge is 2.38. The first-order valence-electron chi connectivity index (χ1n) is 7.84. The minimum Gasteiger partial charge on any atom is -0.377 e. The van der Waals surface area contributed by atoms with Crippen LogP contribution in [0.25, 0.3) is 0 Å². The van der Waals surface area contributed by atoms with Gasteiger partial charge in [0.25, 0.3) is 0 Å². The lowest BCUT2D eigenvalue weighted by molar-refractivity contribution is 0.425. The molecule has 4 rings (SSSR count). The van der Waals surface area contributed by atoms with Crippen LogP contribution in [0.3, 0.4) is 0 Å². The van der Waals surface area contributed by atoms with Gasteiger partial charge in [-0.15, -0.1) is 0 Å². The van der Waals surface area contributed by atoms with Gasteiger partial charge in [-0.05, 0) is 48.4 Å². The molecular formula is C20H21N. The van der Waals surface area contributed by atoms with E-state index in [-0.39, 0.29) is 0 Å². The standard InChI is InChI=1S/C20H21N/c1-13-11-12-18-16-9-6-10-17(16)20(21-19(18)14(13)2)15-7-4-3-5-8-15/h3-9,11-12,16-17,20-21H,10H2,1-2H3. The molecule has 0 saturated heterocycles. The zero-order valence-electron chi connectivity index (χ0n) is 12.6. The normalized spacial score (nSPS) is 26.1. The average Bonchev–Trinajstić information content (AvgIpc) is 3.00. The van der Waals surface area contributed by atoms with Crippen molar-refractivity contribution in [3.63, 3.8) is 0 Å². The Morgan fingerprint density at radius 3 is 2.62 bits per heavy atom. The van der Waals surface area contributed by atoms with Crippen LogP contribution in [-0.2, 0) is 0 Å². The summed E-state index contributed by atoms with van der Waals surface area (Å²) in [5.41, 5.74) is 7.00. The Morgan fingerprint density at radius 2 is 1.81 bits per heavy atom. The average molecular weight is 275 g/mol. The zero-order valence-corrected chi connectivity index (χ0v) is 12.6. The van der Waals surface area contributed by atoms with Gasteiger partial charge in [0.2, 0.25) is 0 Å². The minimum atomic E-state index is 0.416. The van der Waals surface area contributed by atoms with Crippen molar-refractivity contribution in [2.75, 3.05) is 5.32 Å². The lowest BCUT2D eigenvalue weighted by Crippen LogP contribution is -2.29. The van der Waals surface area contributed by atoms with Crippen molar-refractivity contribution in [3.8, 4) is 0 Å². The molecule has 2 aromatic rings. The van der Waals surface area contributed by atoms with Gasteiger partial charge in [-0.2, -0.15) is 0 Å². The zero-order chi connectivity index (χ0) is 14.4. The van der Waals surface area contributed by atoms with Crippen LogP contribution in [0.15, 0.2) is 54.6 Å². The van der Waals surface area contributed by atoms with Crippen LogP contribution in [0.2, 0.25) is 0 Å². The molecule has 0 spiro atoms. The van der Waals surface area contributed by atoms with E-state index in [0.717, 1.165) is 0 Å². The fraction of sp³-hybridized carbons (Fsp3) is 0.300. The van der Waals surface area contributed by atoms with E-state index in [1.54, 1.807) is 0 Å². The second-order valence-electron chi connectivity index (χ2n) is 6.36. The summed E-state index contributed by atoms with van der Waals surface area (Å²) in [5.74, 6) is 1.20. The van der Waals surface area contributed by atoms with Gasteiger partial charge in [0.1, 0.15) is 0 Å². The van der Waals surface area contributed by atoms with Gasteiger partial charge >= 0.3 is 0 Å². The van der Waals surface area contributed by atoms with E-state index < -0.39 is 0 Å².